The average molecular weight is 285 g/mol. The molecule has 1 aromatic heterocycles. The zero-order valence-electron chi connectivity index (χ0n) is 13.1. The third-order valence-corrected chi connectivity index (χ3v) is 4.46. The summed E-state index contributed by atoms with van der Waals surface area (Å²) in [5.74, 6) is 1.04. The zero-order chi connectivity index (χ0) is 14.8. The smallest absolute Gasteiger partial charge is 0.146 e. The van der Waals surface area contributed by atoms with Crippen molar-refractivity contribution in [1.82, 2.24) is 19.7 Å². The van der Waals surface area contributed by atoms with Crippen LogP contribution in [0.3, 0.4) is 0 Å². The van der Waals surface area contributed by atoms with Crippen molar-refractivity contribution in [2.24, 2.45) is 7.05 Å². The molecule has 112 valence electrons. The highest BCUT2D eigenvalue weighted by Crippen LogP contribution is 2.24. The highest BCUT2D eigenvalue weighted by Gasteiger charge is 2.19. The van der Waals surface area contributed by atoms with Crippen molar-refractivity contribution < 1.29 is 0 Å². The van der Waals surface area contributed by atoms with E-state index in [1.807, 2.05) is 11.6 Å². The molecule has 0 unspecified atom stereocenters. The normalized spacial score (nSPS) is 16.4. The summed E-state index contributed by atoms with van der Waals surface area (Å²) in [5.41, 5.74) is 4.15. The molecule has 1 aliphatic heterocycles. The second kappa shape index (κ2) is 5.85. The Morgan fingerprint density at radius 1 is 1.10 bits per heavy atom. The number of aryl methyl sites for hydroxylation is 2. The van der Waals surface area contributed by atoms with Crippen LogP contribution in [-0.2, 0) is 13.6 Å². The van der Waals surface area contributed by atoms with E-state index in [0.29, 0.717) is 0 Å². The van der Waals surface area contributed by atoms with Gasteiger partial charge < -0.3 is 9.47 Å². The van der Waals surface area contributed by atoms with Gasteiger partial charge in [-0.1, -0.05) is 12.1 Å². The second-order valence-corrected chi connectivity index (χ2v) is 5.84. The minimum absolute atomic E-state index is 0.886. The molecular weight excluding hydrogens is 262 g/mol. The quantitative estimate of drug-likeness (QED) is 0.861. The van der Waals surface area contributed by atoms with Gasteiger partial charge in [-0.25, -0.2) is 0 Å². The van der Waals surface area contributed by atoms with Gasteiger partial charge >= 0.3 is 0 Å². The molecule has 0 spiro atoms. The third kappa shape index (κ3) is 2.93. The summed E-state index contributed by atoms with van der Waals surface area (Å²) in [4.78, 5) is 4.95. The molecule has 5 nitrogen and oxygen atoms in total. The first-order valence-corrected chi connectivity index (χ1v) is 7.51. The maximum absolute atomic E-state index is 4.17. The minimum atomic E-state index is 0.886. The topological polar surface area (TPSA) is 37.2 Å². The summed E-state index contributed by atoms with van der Waals surface area (Å²) in [6, 6.07) is 6.58. The molecule has 1 aliphatic rings. The van der Waals surface area contributed by atoms with E-state index in [0.717, 1.165) is 38.5 Å². The molecule has 3 rings (SSSR count). The summed E-state index contributed by atoms with van der Waals surface area (Å²) < 4.78 is 2.00. The number of piperazine rings is 1. The number of aromatic nitrogens is 3. The molecule has 0 radical (unpaired) electrons. The van der Waals surface area contributed by atoms with Crippen molar-refractivity contribution >= 4 is 5.69 Å². The minimum Gasteiger partial charge on any atom is -0.369 e. The lowest BCUT2D eigenvalue weighted by molar-refractivity contribution is 0.241. The molecule has 0 N–H and O–H groups in total. The number of anilines is 1. The molecule has 0 bridgehead atoms. The van der Waals surface area contributed by atoms with Gasteiger partial charge in [-0.3, -0.25) is 4.90 Å². The number of hydrogen-bond acceptors (Lipinski definition) is 4. The summed E-state index contributed by atoms with van der Waals surface area (Å²) in [6.07, 6.45) is 1.77. The molecule has 1 saturated heterocycles. The third-order valence-electron chi connectivity index (χ3n) is 4.46. The van der Waals surface area contributed by atoms with Crippen LogP contribution in [0.4, 0.5) is 5.69 Å². The fourth-order valence-electron chi connectivity index (χ4n) is 2.88. The lowest BCUT2D eigenvalue weighted by atomic mass is 10.1. The standard InChI is InChI=1S/C16H23N5/c1-13-5-4-6-15(14(13)2)21-9-7-20(8-10-21)11-16-18-17-12-19(16)3/h4-6,12H,7-11H2,1-3H3. The average Bonchev–Trinajstić information content (AvgIpc) is 2.88. The number of benzene rings is 1. The van der Waals surface area contributed by atoms with Crippen LogP contribution in [0.5, 0.6) is 0 Å². The van der Waals surface area contributed by atoms with Gasteiger partial charge in [0.25, 0.3) is 0 Å². The van der Waals surface area contributed by atoms with Crippen molar-refractivity contribution in [3.63, 3.8) is 0 Å². The van der Waals surface area contributed by atoms with Crippen LogP contribution in [0.1, 0.15) is 17.0 Å². The number of hydrogen-bond donors (Lipinski definition) is 0. The number of rotatable bonds is 3. The van der Waals surface area contributed by atoms with E-state index in [-0.39, 0.29) is 0 Å². The van der Waals surface area contributed by atoms with E-state index in [9.17, 15) is 0 Å². The highest BCUT2D eigenvalue weighted by molar-refractivity contribution is 5.56. The van der Waals surface area contributed by atoms with Crippen molar-refractivity contribution in [1.29, 1.82) is 0 Å². The fourth-order valence-corrected chi connectivity index (χ4v) is 2.88. The van der Waals surface area contributed by atoms with Crippen molar-refractivity contribution in [3.8, 4) is 0 Å². The predicted molar refractivity (Wildman–Crippen MR) is 84.4 cm³/mol. The molecule has 5 heteroatoms. The van der Waals surface area contributed by atoms with Gasteiger partial charge in [0.05, 0.1) is 6.54 Å². The van der Waals surface area contributed by atoms with Crippen LogP contribution < -0.4 is 4.90 Å². The maximum atomic E-state index is 4.17. The first kappa shape index (κ1) is 14.1. The van der Waals surface area contributed by atoms with Gasteiger partial charge in [-0.2, -0.15) is 0 Å². The fraction of sp³-hybridized carbons (Fsp3) is 0.500. The lowest BCUT2D eigenvalue weighted by Gasteiger charge is -2.36. The summed E-state index contributed by atoms with van der Waals surface area (Å²) in [7, 11) is 2.00. The Labute approximate surface area is 126 Å². The Hall–Kier alpha value is -1.88. The maximum Gasteiger partial charge on any atom is 0.146 e. The van der Waals surface area contributed by atoms with E-state index < -0.39 is 0 Å². The van der Waals surface area contributed by atoms with Gasteiger partial charge in [0.1, 0.15) is 12.2 Å². The first-order chi connectivity index (χ1) is 10.1. The van der Waals surface area contributed by atoms with Crippen LogP contribution in [0, 0.1) is 13.8 Å². The summed E-state index contributed by atoms with van der Waals surface area (Å²) >= 11 is 0. The van der Waals surface area contributed by atoms with Crippen LogP contribution in [0.2, 0.25) is 0 Å². The molecule has 2 aromatic rings. The van der Waals surface area contributed by atoms with E-state index in [2.05, 4.69) is 52.0 Å². The van der Waals surface area contributed by atoms with Crippen LogP contribution in [-0.4, -0.2) is 45.8 Å². The van der Waals surface area contributed by atoms with Crippen LogP contribution in [0.15, 0.2) is 24.5 Å². The van der Waals surface area contributed by atoms with Gasteiger partial charge in [0.2, 0.25) is 0 Å². The first-order valence-electron chi connectivity index (χ1n) is 7.51. The largest absolute Gasteiger partial charge is 0.369 e. The summed E-state index contributed by atoms with van der Waals surface area (Å²) in [6.45, 7) is 9.57. The van der Waals surface area contributed by atoms with Crippen molar-refractivity contribution in [2.45, 2.75) is 20.4 Å². The molecule has 0 atom stereocenters. The number of nitrogens with zero attached hydrogens (tertiary/aromatic N) is 5. The molecule has 1 aromatic carbocycles. The van der Waals surface area contributed by atoms with E-state index in [1.165, 1.54) is 16.8 Å². The Morgan fingerprint density at radius 3 is 2.52 bits per heavy atom. The highest BCUT2D eigenvalue weighted by atomic mass is 15.3. The monoisotopic (exact) mass is 285 g/mol. The van der Waals surface area contributed by atoms with Gasteiger partial charge in [0, 0.05) is 38.9 Å². The molecule has 0 amide bonds. The summed E-state index contributed by atoms with van der Waals surface area (Å²) in [5, 5.41) is 8.12. The molecule has 0 aliphatic carbocycles. The van der Waals surface area contributed by atoms with Gasteiger partial charge in [-0.05, 0) is 31.0 Å². The van der Waals surface area contributed by atoms with Gasteiger partial charge in [-0.15, -0.1) is 10.2 Å². The zero-order valence-corrected chi connectivity index (χ0v) is 13.1. The molecule has 0 saturated carbocycles. The molecular formula is C16H23N5. The SMILES string of the molecule is Cc1cccc(N2CCN(Cc3nncn3C)CC2)c1C. The van der Waals surface area contributed by atoms with Crippen molar-refractivity contribution in [2.75, 3.05) is 31.1 Å². The molecule has 21 heavy (non-hydrogen) atoms. The van der Waals surface area contributed by atoms with E-state index >= 15 is 0 Å². The molecule has 2 heterocycles. The second-order valence-electron chi connectivity index (χ2n) is 5.84. The Bertz CT molecular complexity index is 611. The van der Waals surface area contributed by atoms with Crippen LogP contribution >= 0.6 is 0 Å². The predicted octanol–water partition coefficient (Wildman–Crippen LogP) is 1.75. The Morgan fingerprint density at radius 2 is 1.86 bits per heavy atom. The van der Waals surface area contributed by atoms with Crippen molar-refractivity contribution in [3.05, 3.63) is 41.5 Å². The van der Waals surface area contributed by atoms with E-state index in [1.54, 1.807) is 6.33 Å². The van der Waals surface area contributed by atoms with Gasteiger partial charge in [0.15, 0.2) is 0 Å². The molecule has 1 fully saturated rings. The Kier molecular flexibility index (Phi) is 3.92. The van der Waals surface area contributed by atoms with Crippen LogP contribution in [0.25, 0.3) is 0 Å². The Balaban J connectivity index is 1.63. The lowest BCUT2D eigenvalue weighted by Crippen LogP contribution is -2.46. The van der Waals surface area contributed by atoms with E-state index in [4.69, 9.17) is 0 Å².